The van der Waals surface area contributed by atoms with E-state index in [0.29, 0.717) is 47.5 Å². The molecule has 1 aromatic heterocycles. The van der Waals surface area contributed by atoms with Crippen LogP contribution < -0.4 is 4.90 Å². The molecular weight excluding hydrogens is 330 g/mol. The van der Waals surface area contributed by atoms with Crippen molar-refractivity contribution in [3.05, 3.63) is 23.1 Å². The zero-order valence-corrected chi connectivity index (χ0v) is 14.8. The molecular formula is C16H21N3O4S. The van der Waals surface area contributed by atoms with Crippen LogP contribution in [0.5, 0.6) is 0 Å². The third-order valence-corrected chi connectivity index (χ3v) is 4.88. The summed E-state index contributed by atoms with van der Waals surface area (Å²) in [6.45, 7) is 5.05. The summed E-state index contributed by atoms with van der Waals surface area (Å²) in [6.07, 6.45) is 2.73. The molecule has 1 fully saturated rings. The fraction of sp³-hybridized carbons (Fsp3) is 0.562. The van der Waals surface area contributed by atoms with Crippen molar-refractivity contribution in [2.75, 3.05) is 37.5 Å². The average Bonchev–Trinajstić information content (AvgIpc) is 2.69. The molecule has 0 radical (unpaired) electrons. The highest BCUT2D eigenvalue weighted by molar-refractivity contribution is 7.98. The molecule has 0 saturated carbocycles. The van der Waals surface area contributed by atoms with E-state index in [1.165, 1.54) is 11.8 Å². The van der Waals surface area contributed by atoms with E-state index >= 15 is 0 Å². The van der Waals surface area contributed by atoms with Gasteiger partial charge in [0.15, 0.2) is 10.9 Å². The first kappa shape index (κ1) is 17.2. The number of fused-ring (bicyclic) bond motifs is 1. The van der Waals surface area contributed by atoms with Crippen LogP contribution in [0.25, 0.3) is 0 Å². The van der Waals surface area contributed by atoms with Gasteiger partial charge in [0.2, 0.25) is 0 Å². The summed E-state index contributed by atoms with van der Waals surface area (Å²) in [5, 5.41) is 20.4. The average molecular weight is 351 g/mol. The van der Waals surface area contributed by atoms with Gasteiger partial charge in [-0.25, -0.2) is 9.97 Å². The molecule has 1 aromatic rings. The van der Waals surface area contributed by atoms with E-state index in [2.05, 4.69) is 9.97 Å². The molecule has 7 nitrogen and oxygen atoms in total. The van der Waals surface area contributed by atoms with E-state index in [1.807, 2.05) is 18.1 Å². The Balaban J connectivity index is 2.13. The molecule has 2 aliphatic rings. The topological polar surface area (TPSA) is 95.8 Å². The molecule has 0 amide bonds. The van der Waals surface area contributed by atoms with E-state index in [1.54, 1.807) is 6.92 Å². The van der Waals surface area contributed by atoms with E-state index in [4.69, 9.17) is 4.74 Å². The monoisotopic (exact) mass is 351 g/mol. The number of ketones is 1. The van der Waals surface area contributed by atoms with Gasteiger partial charge in [0.05, 0.1) is 37.3 Å². The number of allylic oxidation sites excluding steroid dienone is 1. The van der Waals surface area contributed by atoms with Crippen molar-refractivity contribution in [1.82, 2.24) is 9.97 Å². The van der Waals surface area contributed by atoms with E-state index in [-0.39, 0.29) is 18.3 Å². The second-order valence-electron chi connectivity index (χ2n) is 6.40. The minimum absolute atomic E-state index is 0.234. The molecule has 3 rings (SSSR count). The summed E-state index contributed by atoms with van der Waals surface area (Å²) in [5.41, 5.74) is 0.325. The van der Waals surface area contributed by atoms with E-state index in [0.717, 1.165) is 6.26 Å². The molecule has 130 valence electrons. The number of aliphatic hydroxyl groups is 2. The Hall–Kier alpha value is -1.64. The Bertz CT molecular complexity index is 705. The lowest BCUT2D eigenvalue weighted by Crippen LogP contribution is -2.42. The summed E-state index contributed by atoms with van der Waals surface area (Å²) in [4.78, 5) is 23.6. The minimum atomic E-state index is -1.03. The molecule has 24 heavy (non-hydrogen) atoms. The number of hydrogen-bond acceptors (Lipinski definition) is 8. The predicted octanol–water partition coefficient (Wildman–Crippen LogP) is 1.53. The Morgan fingerprint density at radius 1 is 1.46 bits per heavy atom. The molecule has 0 bridgehead atoms. The van der Waals surface area contributed by atoms with Crippen molar-refractivity contribution in [2.24, 2.45) is 0 Å². The zero-order chi connectivity index (χ0) is 17.5. The highest BCUT2D eigenvalue weighted by atomic mass is 32.2. The molecule has 1 saturated heterocycles. The van der Waals surface area contributed by atoms with Gasteiger partial charge >= 0.3 is 0 Å². The summed E-state index contributed by atoms with van der Waals surface area (Å²) >= 11 is 1.39. The molecule has 8 heteroatoms. The lowest BCUT2D eigenvalue weighted by atomic mass is 10.1. The predicted molar refractivity (Wildman–Crippen MR) is 90.9 cm³/mol. The summed E-state index contributed by atoms with van der Waals surface area (Å²) < 4.78 is 5.45. The summed E-state index contributed by atoms with van der Waals surface area (Å²) in [5.74, 6) is -0.0369. The number of carbonyl (C=O) groups is 1. The molecule has 2 heterocycles. The third-order valence-electron chi connectivity index (χ3n) is 4.33. The number of hydrogen-bond donors (Lipinski definition) is 2. The highest BCUT2D eigenvalue weighted by Crippen LogP contribution is 2.41. The van der Waals surface area contributed by atoms with Gasteiger partial charge in [-0.2, -0.15) is 0 Å². The number of nitrogens with zero attached hydrogens (tertiary/aromatic N) is 3. The van der Waals surface area contributed by atoms with Crippen LogP contribution in [0.2, 0.25) is 0 Å². The van der Waals surface area contributed by atoms with Gasteiger partial charge in [-0.05, 0) is 13.2 Å². The Kier molecular flexibility index (Phi) is 4.54. The van der Waals surface area contributed by atoms with Crippen molar-refractivity contribution in [2.45, 2.75) is 30.5 Å². The molecule has 1 aliphatic heterocycles. The van der Waals surface area contributed by atoms with Gasteiger partial charge in [0.25, 0.3) is 0 Å². The van der Waals surface area contributed by atoms with Gasteiger partial charge in [0, 0.05) is 18.0 Å². The molecule has 2 N–H and O–H groups in total. The van der Waals surface area contributed by atoms with Crippen LogP contribution in [0.1, 0.15) is 35.8 Å². The number of rotatable bonds is 2. The maximum Gasteiger partial charge on any atom is 0.198 e. The number of ether oxygens (including phenoxy) is 1. The zero-order valence-electron chi connectivity index (χ0n) is 13.9. The van der Waals surface area contributed by atoms with Crippen LogP contribution in [0.15, 0.2) is 17.0 Å². The first-order chi connectivity index (χ1) is 11.4. The van der Waals surface area contributed by atoms with Crippen LogP contribution in [0.4, 0.5) is 5.82 Å². The van der Waals surface area contributed by atoms with Crippen molar-refractivity contribution in [3.63, 3.8) is 0 Å². The lowest BCUT2D eigenvalue weighted by Gasteiger charge is -2.29. The SMILES string of the molecule is CSc1nc2c(c(N3CCOC[C@@](C)(O)C3)n1)C(=O)/C(=C/O)C2C. The first-order valence-electron chi connectivity index (χ1n) is 7.78. The lowest BCUT2D eigenvalue weighted by molar-refractivity contribution is -0.0123. The van der Waals surface area contributed by atoms with Gasteiger partial charge < -0.3 is 19.8 Å². The van der Waals surface area contributed by atoms with Crippen molar-refractivity contribution in [3.8, 4) is 0 Å². The van der Waals surface area contributed by atoms with Gasteiger partial charge in [-0.3, -0.25) is 4.79 Å². The molecule has 2 atom stereocenters. The Morgan fingerprint density at radius 2 is 2.21 bits per heavy atom. The normalized spacial score (nSPS) is 29.0. The highest BCUT2D eigenvalue weighted by Gasteiger charge is 2.39. The number of thioether (sulfide) groups is 1. The number of β-amino-alcohol motifs (C(OH)–C–C–N with tert-alkyl or cyclic N) is 1. The fourth-order valence-corrected chi connectivity index (χ4v) is 3.51. The summed E-state index contributed by atoms with van der Waals surface area (Å²) in [7, 11) is 0. The number of anilines is 1. The number of Topliss-reactive ketones (excluding diaryl/α,β-unsaturated/α-hetero) is 1. The Morgan fingerprint density at radius 3 is 2.88 bits per heavy atom. The second-order valence-corrected chi connectivity index (χ2v) is 7.17. The molecule has 1 unspecified atom stereocenters. The van der Waals surface area contributed by atoms with E-state index in [9.17, 15) is 15.0 Å². The van der Waals surface area contributed by atoms with Crippen molar-refractivity contribution in [1.29, 1.82) is 0 Å². The maximum atomic E-state index is 12.7. The Labute approximate surface area is 144 Å². The molecule has 0 spiro atoms. The number of aliphatic hydroxyl groups excluding tert-OH is 1. The van der Waals surface area contributed by atoms with Crippen LogP contribution in [-0.4, -0.2) is 64.1 Å². The number of carbonyl (C=O) groups excluding carboxylic acids is 1. The van der Waals surface area contributed by atoms with Crippen LogP contribution in [0, 0.1) is 0 Å². The van der Waals surface area contributed by atoms with Crippen molar-refractivity contribution < 1.29 is 19.7 Å². The maximum absolute atomic E-state index is 12.7. The largest absolute Gasteiger partial charge is 0.515 e. The molecule has 1 aliphatic carbocycles. The summed E-state index contributed by atoms with van der Waals surface area (Å²) in [6, 6.07) is 0. The first-order valence-corrected chi connectivity index (χ1v) is 9.00. The smallest absolute Gasteiger partial charge is 0.198 e. The van der Waals surface area contributed by atoms with Gasteiger partial charge in [-0.1, -0.05) is 18.7 Å². The van der Waals surface area contributed by atoms with Crippen molar-refractivity contribution >= 4 is 23.4 Å². The quantitative estimate of drug-likeness (QED) is 0.358. The van der Waals surface area contributed by atoms with Crippen LogP contribution in [0.3, 0.4) is 0 Å². The fourth-order valence-electron chi connectivity index (χ4n) is 3.14. The van der Waals surface area contributed by atoms with Gasteiger partial charge in [-0.15, -0.1) is 0 Å². The standard InChI is InChI=1S/C16H21N3O4S/c1-9-10(6-20)13(21)11-12(9)17-15(24-3)18-14(11)19-4-5-23-8-16(2,22)7-19/h6,9,20,22H,4-5,7-8H2,1-3H3/b10-6+/t9?,16-/m0/s1. The van der Waals surface area contributed by atoms with Crippen LogP contribution in [-0.2, 0) is 4.74 Å². The third kappa shape index (κ3) is 2.89. The van der Waals surface area contributed by atoms with Gasteiger partial charge in [0.1, 0.15) is 11.4 Å². The van der Waals surface area contributed by atoms with Crippen LogP contribution >= 0.6 is 11.8 Å². The molecule has 0 aromatic carbocycles. The minimum Gasteiger partial charge on any atom is -0.515 e. The second kappa shape index (κ2) is 6.34. The number of aromatic nitrogens is 2. The van der Waals surface area contributed by atoms with E-state index < -0.39 is 5.60 Å².